The Bertz CT molecular complexity index is 289. The highest BCUT2D eigenvalue weighted by Gasteiger charge is 2.07. The van der Waals surface area contributed by atoms with Crippen molar-refractivity contribution in [3.8, 4) is 0 Å². The van der Waals surface area contributed by atoms with E-state index in [1.807, 2.05) is 7.05 Å². The van der Waals surface area contributed by atoms with Crippen molar-refractivity contribution in [3.05, 3.63) is 17.7 Å². The number of hydrogen-bond donors (Lipinski definition) is 0. The van der Waals surface area contributed by atoms with Crippen molar-refractivity contribution in [2.75, 3.05) is 0 Å². The molecule has 0 atom stereocenters. The highest BCUT2D eigenvalue weighted by molar-refractivity contribution is 5.73. The Kier molecular flexibility index (Phi) is 3.23. The van der Waals surface area contributed by atoms with Gasteiger partial charge in [0.25, 0.3) is 0 Å². The summed E-state index contributed by atoms with van der Waals surface area (Å²) in [5, 5.41) is 0. The van der Waals surface area contributed by atoms with Crippen LogP contribution in [0, 0.1) is 5.92 Å². The normalized spacial score (nSPS) is 10.8. The average Bonchev–Trinajstić information content (AvgIpc) is 2.42. The monoisotopic (exact) mass is 180 g/mol. The molecule has 3 nitrogen and oxygen atoms in total. The molecular formula is C10H16N2O. The van der Waals surface area contributed by atoms with E-state index in [0.717, 1.165) is 24.8 Å². The zero-order valence-electron chi connectivity index (χ0n) is 8.45. The first-order chi connectivity index (χ1) is 6.15. The fourth-order valence-corrected chi connectivity index (χ4v) is 1.26. The zero-order chi connectivity index (χ0) is 9.84. The molecule has 0 bridgehead atoms. The van der Waals surface area contributed by atoms with Crippen molar-refractivity contribution in [1.82, 2.24) is 9.55 Å². The van der Waals surface area contributed by atoms with Crippen LogP contribution in [0.3, 0.4) is 0 Å². The molecule has 1 aromatic rings. The summed E-state index contributed by atoms with van der Waals surface area (Å²) >= 11 is 0. The van der Waals surface area contributed by atoms with Crippen LogP contribution in [0.1, 0.15) is 36.5 Å². The van der Waals surface area contributed by atoms with Crippen LogP contribution in [0.5, 0.6) is 0 Å². The third-order valence-electron chi connectivity index (χ3n) is 2.13. The lowest BCUT2D eigenvalue weighted by Gasteiger charge is -2.02. The van der Waals surface area contributed by atoms with Gasteiger partial charge in [0.15, 0.2) is 6.29 Å². The molecule has 0 unspecified atom stereocenters. The predicted octanol–water partition coefficient (Wildman–Crippen LogP) is 1.82. The molecule has 0 spiro atoms. The van der Waals surface area contributed by atoms with Gasteiger partial charge in [0, 0.05) is 7.05 Å². The lowest BCUT2D eigenvalue weighted by Crippen LogP contribution is -1.99. The number of imidazole rings is 1. The SMILES string of the molecule is CC(C)CCc1ncn(C)c1C=O. The number of aromatic nitrogens is 2. The first-order valence-electron chi connectivity index (χ1n) is 4.60. The van der Waals surface area contributed by atoms with Crippen molar-refractivity contribution in [1.29, 1.82) is 0 Å². The quantitative estimate of drug-likeness (QED) is 0.662. The summed E-state index contributed by atoms with van der Waals surface area (Å²) in [5.74, 6) is 0.654. The summed E-state index contributed by atoms with van der Waals surface area (Å²) in [7, 11) is 1.84. The summed E-state index contributed by atoms with van der Waals surface area (Å²) in [6, 6.07) is 0. The van der Waals surface area contributed by atoms with E-state index in [2.05, 4.69) is 18.8 Å². The van der Waals surface area contributed by atoms with E-state index in [-0.39, 0.29) is 0 Å². The maximum absolute atomic E-state index is 10.7. The van der Waals surface area contributed by atoms with Gasteiger partial charge < -0.3 is 4.57 Å². The summed E-state index contributed by atoms with van der Waals surface area (Å²) in [6.07, 6.45) is 4.55. The van der Waals surface area contributed by atoms with Crippen molar-refractivity contribution in [2.24, 2.45) is 13.0 Å². The van der Waals surface area contributed by atoms with Gasteiger partial charge >= 0.3 is 0 Å². The minimum Gasteiger partial charge on any atom is -0.331 e. The highest BCUT2D eigenvalue weighted by Crippen LogP contribution is 2.10. The maximum Gasteiger partial charge on any atom is 0.168 e. The molecule has 1 aromatic heterocycles. The Hall–Kier alpha value is -1.12. The van der Waals surface area contributed by atoms with Crippen LogP contribution in [-0.2, 0) is 13.5 Å². The molecule has 0 radical (unpaired) electrons. The Morgan fingerprint density at radius 2 is 2.31 bits per heavy atom. The van der Waals surface area contributed by atoms with E-state index in [4.69, 9.17) is 0 Å². The number of aryl methyl sites for hydroxylation is 2. The number of carbonyl (C=O) groups excluding carboxylic acids is 1. The van der Waals surface area contributed by atoms with Crippen LogP contribution in [0.15, 0.2) is 6.33 Å². The second-order valence-electron chi connectivity index (χ2n) is 3.74. The van der Waals surface area contributed by atoms with Gasteiger partial charge in [-0.05, 0) is 18.8 Å². The number of carbonyl (C=O) groups is 1. The molecule has 0 aliphatic carbocycles. The lowest BCUT2D eigenvalue weighted by atomic mass is 10.1. The summed E-state index contributed by atoms with van der Waals surface area (Å²) in [5.41, 5.74) is 1.63. The van der Waals surface area contributed by atoms with Crippen LogP contribution >= 0.6 is 0 Å². The Balaban J connectivity index is 2.71. The summed E-state index contributed by atoms with van der Waals surface area (Å²) in [4.78, 5) is 14.9. The molecule has 0 aliphatic heterocycles. The first kappa shape index (κ1) is 9.96. The van der Waals surface area contributed by atoms with Gasteiger partial charge in [0.2, 0.25) is 0 Å². The van der Waals surface area contributed by atoms with Crippen LogP contribution in [-0.4, -0.2) is 15.8 Å². The van der Waals surface area contributed by atoms with E-state index < -0.39 is 0 Å². The minimum absolute atomic E-state index is 0.654. The molecule has 0 saturated heterocycles. The van der Waals surface area contributed by atoms with Gasteiger partial charge in [-0.25, -0.2) is 4.98 Å². The summed E-state index contributed by atoms with van der Waals surface area (Å²) in [6.45, 7) is 4.34. The molecule has 0 saturated carbocycles. The molecule has 1 rings (SSSR count). The topological polar surface area (TPSA) is 34.9 Å². The van der Waals surface area contributed by atoms with Crippen molar-refractivity contribution in [3.63, 3.8) is 0 Å². The third-order valence-corrected chi connectivity index (χ3v) is 2.13. The van der Waals surface area contributed by atoms with E-state index in [9.17, 15) is 4.79 Å². The smallest absolute Gasteiger partial charge is 0.168 e. The van der Waals surface area contributed by atoms with Crippen molar-refractivity contribution < 1.29 is 4.79 Å². The van der Waals surface area contributed by atoms with Crippen LogP contribution in [0.25, 0.3) is 0 Å². The molecule has 0 aromatic carbocycles. The van der Waals surface area contributed by atoms with E-state index in [1.54, 1.807) is 10.9 Å². The van der Waals surface area contributed by atoms with Gasteiger partial charge in [-0.1, -0.05) is 13.8 Å². The second-order valence-corrected chi connectivity index (χ2v) is 3.74. The Morgan fingerprint density at radius 3 is 2.85 bits per heavy atom. The van der Waals surface area contributed by atoms with E-state index in [1.165, 1.54) is 0 Å². The molecule has 13 heavy (non-hydrogen) atoms. The summed E-state index contributed by atoms with van der Waals surface area (Å²) < 4.78 is 1.77. The van der Waals surface area contributed by atoms with E-state index in [0.29, 0.717) is 11.6 Å². The Morgan fingerprint density at radius 1 is 1.62 bits per heavy atom. The maximum atomic E-state index is 10.7. The molecule has 3 heteroatoms. The van der Waals surface area contributed by atoms with Gasteiger partial charge in [0.05, 0.1) is 12.0 Å². The van der Waals surface area contributed by atoms with Crippen LogP contribution in [0.2, 0.25) is 0 Å². The average molecular weight is 180 g/mol. The minimum atomic E-state index is 0.654. The number of hydrogen-bond acceptors (Lipinski definition) is 2. The zero-order valence-corrected chi connectivity index (χ0v) is 8.45. The molecule has 0 aliphatic rings. The number of aldehydes is 1. The third kappa shape index (κ3) is 2.41. The molecule has 0 N–H and O–H groups in total. The number of nitrogens with zero attached hydrogens (tertiary/aromatic N) is 2. The molecule has 72 valence electrons. The number of rotatable bonds is 4. The lowest BCUT2D eigenvalue weighted by molar-refractivity contribution is 0.111. The largest absolute Gasteiger partial charge is 0.331 e. The fraction of sp³-hybridized carbons (Fsp3) is 0.600. The second kappa shape index (κ2) is 4.21. The molecule has 1 heterocycles. The highest BCUT2D eigenvalue weighted by atomic mass is 16.1. The predicted molar refractivity (Wildman–Crippen MR) is 51.8 cm³/mol. The first-order valence-corrected chi connectivity index (χ1v) is 4.60. The molecular weight excluding hydrogens is 164 g/mol. The Labute approximate surface area is 78.8 Å². The van der Waals surface area contributed by atoms with E-state index >= 15 is 0 Å². The van der Waals surface area contributed by atoms with Gasteiger partial charge in [-0.15, -0.1) is 0 Å². The van der Waals surface area contributed by atoms with Gasteiger partial charge in [0.1, 0.15) is 5.69 Å². The fourth-order valence-electron chi connectivity index (χ4n) is 1.26. The van der Waals surface area contributed by atoms with Crippen molar-refractivity contribution in [2.45, 2.75) is 26.7 Å². The van der Waals surface area contributed by atoms with Crippen molar-refractivity contribution >= 4 is 6.29 Å². The van der Waals surface area contributed by atoms with Gasteiger partial charge in [-0.3, -0.25) is 4.79 Å². The molecule has 0 fully saturated rings. The van der Waals surface area contributed by atoms with Crippen LogP contribution in [0.4, 0.5) is 0 Å². The standard InChI is InChI=1S/C10H16N2O/c1-8(2)4-5-9-10(6-13)12(3)7-11-9/h6-8H,4-5H2,1-3H3. The van der Waals surface area contributed by atoms with Crippen LogP contribution < -0.4 is 0 Å². The molecule has 0 amide bonds. The van der Waals surface area contributed by atoms with Gasteiger partial charge in [-0.2, -0.15) is 0 Å².